The van der Waals surface area contributed by atoms with E-state index in [0.717, 1.165) is 5.56 Å². The van der Waals surface area contributed by atoms with Gasteiger partial charge in [0.25, 0.3) is 11.8 Å². The Bertz CT molecular complexity index is 424. The molecule has 0 atom stereocenters. The topological polar surface area (TPSA) is 74.8 Å². The molecule has 0 aromatic heterocycles. The summed E-state index contributed by atoms with van der Waals surface area (Å²) in [6.45, 7) is 0.919. The molecule has 0 aliphatic rings. The van der Waals surface area contributed by atoms with E-state index in [2.05, 4.69) is 10.6 Å². The molecule has 0 aliphatic carbocycles. The zero-order chi connectivity index (χ0) is 13.4. The minimum atomic E-state index is -0.112. The molecule has 0 spiro atoms. The highest BCUT2D eigenvalue weighted by Crippen LogP contribution is 2.09. The van der Waals surface area contributed by atoms with Crippen molar-refractivity contribution in [1.29, 1.82) is 0 Å². The molecule has 0 bridgehead atoms. The second-order valence-electron chi connectivity index (χ2n) is 3.78. The Morgan fingerprint density at radius 3 is 2.67 bits per heavy atom. The molecule has 98 valence electrons. The minimum absolute atomic E-state index is 0.0994. The highest BCUT2D eigenvalue weighted by molar-refractivity contribution is 6.30. The Morgan fingerprint density at radius 2 is 2.00 bits per heavy atom. The first-order valence-corrected chi connectivity index (χ1v) is 6.03. The van der Waals surface area contributed by atoms with Crippen molar-refractivity contribution in [3.8, 4) is 0 Å². The smallest absolute Gasteiger partial charge is 0.275 e. The van der Waals surface area contributed by atoms with E-state index in [-0.39, 0.29) is 24.9 Å². The van der Waals surface area contributed by atoms with Crippen molar-refractivity contribution in [2.45, 2.75) is 6.54 Å². The van der Waals surface area contributed by atoms with E-state index in [1.54, 1.807) is 24.5 Å². The zero-order valence-corrected chi connectivity index (χ0v) is 11.0. The largest absolute Gasteiger partial charge is 0.354 e. The molecule has 0 saturated carbocycles. The lowest BCUT2D eigenvalue weighted by molar-refractivity contribution is -0.633. The van der Waals surface area contributed by atoms with Crippen LogP contribution in [0.4, 0.5) is 0 Å². The fourth-order valence-corrected chi connectivity index (χ4v) is 1.57. The number of carbonyl (C=O) groups excluding carboxylic acids is 2. The van der Waals surface area contributed by atoms with Gasteiger partial charge >= 0.3 is 0 Å². The van der Waals surface area contributed by atoms with Gasteiger partial charge in [0.2, 0.25) is 0 Å². The number of hydrogen-bond donors (Lipinski definition) is 3. The number of hydrogen-bond acceptors (Lipinski definition) is 2. The van der Waals surface area contributed by atoms with Gasteiger partial charge in [0.15, 0.2) is 13.1 Å². The normalized spacial score (nSPS) is 9.89. The van der Waals surface area contributed by atoms with Gasteiger partial charge < -0.3 is 16.0 Å². The number of benzene rings is 1. The summed E-state index contributed by atoms with van der Waals surface area (Å²) in [7, 11) is 1.56. The first-order chi connectivity index (χ1) is 8.61. The molecule has 1 rings (SSSR count). The molecule has 6 heteroatoms. The SMILES string of the molecule is CNC(=O)C[NH2+]CC(=O)NCc1cccc(Cl)c1. The second kappa shape index (κ2) is 7.68. The van der Waals surface area contributed by atoms with Crippen LogP contribution in [0.1, 0.15) is 5.56 Å². The highest BCUT2D eigenvalue weighted by Gasteiger charge is 2.05. The summed E-state index contributed by atoms with van der Waals surface area (Å²) in [4.78, 5) is 22.4. The van der Waals surface area contributed by atoms with Gasteiger partial charge in [0.1, 0.15) is 0 Å². The maximum Gasteiger partial charge on any atom is 0.275 e. The number of rotatable bonds is 6. The number of carbonyl (C=O) groups is 2. The summed E-state index contributed by atoms with van der Waals surface area (Å²) in [5, 5.41) is 7.53. The van der Waals surface area contributed by atoms with Crippen LogP contribution < -0.4 is 16.0 Å². The monoisotopic (exact) mass is 270 g/mol. The van der Waals surface area contributed by atoms with E-state index in [1.165, 1.54) is 0 Å². The van der Waals surface area contributed by atoms with Gasteiger partial charge in [-0.25, -0.2) is 0 Å². The van der Waals surface area contributed by atoms with Crippen LogP contribution in [0.2, 0.25) is 5.02 Å². The Labute approximate surface area is 111 Å². The van der Waals surface area contributed by atoms with Crippen LogP contribution in [0.5, 0.6) is 0 Å². The van der Waals surface area contributed by atoms with Crippen LogP contribution in [0.25, 0.3) is 0 Å². The van der Waals surface area contributed by atoms with Crippen molar-refractivity contribution in [2.75, 3.05) is 20.1 Å². The van der Waals surface area contributed by atoms with E-state index in [4.69, 9.17) is 11.6 Å². The van der Waals surface area contributed by atoms with Gasteiger partial charge in [-0.3, -0.25) is 9.59 Å². The number of nitrogens with two attached hydrogens (primary N) is 1. The predicted octanol–water partition coefficient (Wildman–Crippen LogP) is -0.734. The Kier molecular flexibility index (Phi) is 6.18. The number of halogens is 1. The number of likely N-dealkylation sites (N-methyl/N-ethyl adjacent to an activating group) is 1. The number of amides is 2. The summed E-state index contributed by atoms with van der Waals surface area (Å²) in [5.41, 5.74) is 0.946. The molecule has 5 nitrogen and oxygen atoms in total. The minimum Gasteiger partial charge on any atom is -0.354 e. The third kappa shape index (κ3) is 5.65. The molecular formula is C12H17ClN3O2+. The molecule has 4 N–H and O–H groups in total. The summed E-state index contributed by atoms with van der Waals surface area (Å²) in [6, 6.07) is 7.31. The third-order valence-electron chi connectivity index (χ3n) is 2.32. The van der Waals surface area contributed by atoms with Gasteiger partial charge in [0.05, 0.1) is 0 Å². The van der Waals surface area contributed by atoms with Crippen LogP contribution in [0.15, 0.2) is 24.3 Å². The van der Waals surface area contributed by atoms with Gasteiger partial charge in [-0.2, -0.15) is 0 Å². The molecule has 0 aliphatic heterocycles. The van der Waals surface area contributed by atoms with Crippen LogP contribution in [0, 0.1) is 0 Å². The fraction of sp³-hybridized carbons (Fsp3) is 0.333. The van der Waals surface area contributed by atoms with Crippen LogP contribution in [-0.2, 0) is 16.1 Å². The summed E-state index contributed by atoms with van der Waals surface area (Å²) < 4.78 is 0. The summed E-state index contributed by atoms with van der Waals surface area (Å²) in [6.07, 6.45) is 0. The number of nitrogens with one attached hydrogen (secondary N) is 2. The average molecular weight is 271 g/mol. The van der Waals surface area contributed by atoms with Gasteiger partial charge in [-0.1, -0.05) is 23.7 Å². The zero-order valence-electron chi connectivity index (χ0n) is 10.2. The average Bonchev–Trinajstić information content (AvgIpc) is 2.36. The molecule has 0 saturated heterocycles. The first kappa shape index (κ1) is 14.5. The molecule has 18 heavy (non-hydrogen) atoms. The Hall–Kier alpha value is -1.59. The van der Waals surface area contributed by atoms with E-state index in [0.29, 0.717) is 11.6 Å². The Morgan fingerprint density at radius 1 is 1.28 bits per heavy atom. The lowest BCUT2D eigenvalue weighted by Crippen LogP contribution is -2.88. The maximum absolute atomic E-state index is 11.5. The van der Waals surface area contributed by atoms with E-state index in [9.17, 15) is 9.59 Å². The predicted molar refractivity (Wildman–Crippen MR) is 69.0 cm³/mol. The molecular weight excluding hydrogens is 254 g/mol. The lowest BCUT2D eigenvalue weighted by atomic mass is 10.2. The van der Waals surface area contributed by atoms with E-state index in [1.807, 2.05) is 12.1 Å². The van der Waals surface area contributed by atoms with Crippen molar-refractivity contribution in [3.05, 3.63) is 34.9 Å². The first-order valence-electron chi connectivity index (χ1n) is 5.65. The summed E-state index contributed by atoms with van der Waals surface area (Å²) in [5.74, 6) is -0.212. The molecule has 0 radical (unpaired) electrons. The van der Waals surface area contributed by atoms with Gasteiger partial charge in [0, 0.05) is 18.6 Å². The number of quaternary nitrogens is 1. The maximum atomic E-state index is 11.5. The van der Waals surface area contributed by atoms with Gasteiger partial charge in [-0.15, -0.1) is 0 Å². The molecule has 1 aromatic carbocycles. The fourth-order valence-electron chi connectivity index (χ4n) is 1.36. The van der Waals surface area contributed by atoms with Gasteiger partial charge in [-0.05, 0) is 17.7 Å². The Balaban J connectivity index is 2.23. The van der Waals surface area contributed by atoms with Crippen molar-refractivity contribution < 1.29 is 14.9 Å². The van der Waals surface area contributed by atoms with Crippen molar-refractivity contribution in [2.24, 2.45) is 0 Å². The molecule has 1 aromatic rings. The third-order valence-corrected chi connectivity index (χ3v) is 2.55. The van der Waals surface area contributed by atoms with E-state index >= 15 is 0 Å². The molecule has 0 heterocycles. The lowest BCUT2D eigenvalue weighted by Gasteiger charge is -2.05. The second-order valence-corrected chi connectivity index (χ2v) is 4.21. The van der Waals surface area contributed by atoms with Crippen LogP contribution in [-0.4, -0.2) is 32.0 Å². The summed E-state index contributed by atoms with van der Waals surface area (Å²) >= 11 is 5.83. The molecule has 0 unspecified atom stereocenters. The van der Waals surface area contributed by atoms with E-state index < -0.39 is 0 Å². The van der Waals surface area contributed by atoms with Crippen LogP contribution in [0.3, 0.4) is 0 Å². The molecule has 0 fully saturated rings. The van der Waals surface area contributed by atoms with Crippen LogP contribution >= 0.6 is 11.6 Å². The van der Waals surface area contributed by atoms with Crippen molar-refractivity contribution >= 4 is 23.4 Å². The quantitative estimate of drug-likeness (QED) is 0.637. The van der Waals surface area contributed by atoms with Crippen molar-refractivity contribution in [3.63, 3.8) is 0 Å². The van der Waals surface area contributed by atoms with Crippen molar-refractivity contribution in [1.82, 2.24) is 10.6 Å². The highest BCUT2D eigenvalue weighted by atomic mass is 35.5. The molecule has 2 amide bonds. The standard InChI is InChI=1S/C12H16ClN3O2/c1-14-11(17)7-15-8-12(18)16-6-9-3-2-4-10(13)5-9/h2-5,15H,6-8H2,1H3,(H,14,17)(H,16,18)/p+1.